The molecule has 0 radical (unpaired) electrons. The fourth-order valence-corrected chi connectivity index (χ4v) is 3.27. The molecule has 0 aliphatic heterocycles. The van der Waals surface area contributed by atoms with Gasteiger partial charge >= 0.3 is 0 Å². The monoisotopic (exact) mass is 166 g/mol. The van der Waals surface area contributed by atoms with Gasteiger partial charge in [0.2, 0.25) is 8.41 Å². The summed E-state index contributed by atoms with van der Waals surface area (Å²) < 4.78 is 12.8. The van der Waals surface area contributed by atoms with Gasteiger partial charge in [0.15, 0.2) is 0 Å². The van der Waals surface area contributed by atoms with Gasteiger partial charge in [0.05, 0.1) is 0 Å². The summed E-state index contributed by atoms with van der Waals surface area (Å²) >= 11 is 1.83. The molecule has 0 fully saturated rings. The van der Waals surface area contributed by atoms with E-state index in [4.69, 9.17) is 0 Å². The van der Waals surface area contributed by atoms with Gasteiger partial charge in [-0.1, -0.05) is 6.92 Å². The average molecular weight is 166 g/mol. The Kier molecular flexibility index (Phi) is 4.57. The van der Waals surface area contributed by atoms with Gasteiger partial charge in [-0.25, -0.2) is 0 Å². The number of hydrogen-bond donors (Lipinski definition) is 0. The van der Waals surface area contributed by atoms with Crippen molar-refractivity contribution in [2.75, 3.05) is 11.5 Å². The summed E-state index contributed by atoms with van der Waals surface area (Å²) in [5.74, 6) is 2.12. The van der Waals surface area contributed by atoms with Crippen LogP contribution in [0.1, 0.15) is 6.92 Å². The molecule has 0 nitrogen and oxygen atoms in total. The van der Waals surface area contributed by atoms with Gasteiger partial charge in [-0.3, -0.25) is 0 Å². The molecule has 0 aromatic carbocycles. The summed E-state index contributed by atoms with van der Waals surface area (Å²) in [5.41, 5.74) is 0. The zero-order valence-electron chi connectivity index (χ0n) is 6.41. The van der Waals surface area contributed by atoms with E-state index < -0.39 is 8.41 Å². The van der Waals surface area contributed by atoms with Crippen molar-refractivity contribution in [1.29, 1.82) is 0 Å². The molecule has 0 bridgehead atoms. The highest BCUT2D eigenvalue weighted by Gasteiger charge is 2.18. The minimum atomic E-state index is -2.22. The molecule has 0 aromatic rings. The lowest BCUT2D eigenvalue weighted by molar-refractivity contribution is 0.793. The maximum absolute atomic E-state index is 12.8. The molecule has 0 saturated carbocycles. The zero-order valence-corrected chi connectivity index (χ0v) is 8.22. The lowest BCUT2D eigenvalue weighted by Crippen LogP contribution is -2.18. The van der Waals surface area contributed by atoms with Crippen LogP contribution in [0.2, 0.25) is 19.1 Å². The number of halogens is 1. The van der Waals surface area contributed by atoms with Crippen molar-refractivity contribution >= 4 is 20.2 Å². The Bertz CT molecular complexity index is 69.9. The molecule has 0 aliphatic rings. The first-order valence-electron chi connectivity index (χ1n) is 3.33. The minimum Gasteiger partial charge on any atom is -0.314 e. The van der Waals surface area contributed by atoms with E-state index >= 15 is 0 Å². The van der Waals surface area contributed by atoms with E-state index in [0.717, 1.165) is 17.5 Å². The molecule has 56 valence electrons. The zero-order chi connectivity index (χ0) is 7.33. The fraction of sp³-hybridized carbons (Fsp3) is 1.00. The van der Waals surface area contributed by atoms with E-state index in [2.05, 4.69) is 6.92 Å². The van der Waals surface area contributed by atoms with Crippen molar-refractivity contribution in [3.05, 3.63) is 0 Å². The van der Waals surface area contributed by atoms with Crippen molar-refractivity contribution < 1.29 is 4.11 Å². The second-order valence-corrected chi connectivity index (χ2v) is 8.00. The Balaban J connectivity index is 3.07. The first-order chi connectivity index (χ1) is 4.06. The van der Waals surface area contributed by atoms with Crippen LogP contribution in [-0.4, -0.2) is 19.9 Å². The molecule has 9 heavy (non-hydrogen) atoms. The fourth-order valence-electron chi connectivity index (χ4n) is 0.459. The first-order valence-corrected chi connectivity index (χ1v) is 7.57. The summed E-state index contributed by atoms with van der Waals surface area (Å²) in [5, 5.41) is 0. The molecule has 0 N–H and O–H groups in total. The molecule has 0 atom stereocenters. The van der Waals surface area contributed by atoms with Crippen LogP contribution in [-0.2, 0) is 0 Å². The average Bonchev–Trinajstić information content (AvgIpc) is 1.63. The first kappa shape index (κ1) is 9.50. The molecule has 0 spiro atoms. The summed E-state index contributed by atoms with van der Waals surface area (Å²) in [6, 6.07) is 0.811. The van der Waals surface area contributed by atoms with Crippen LogP contribution in [0.3, 0.4) is 0 Å². The second kappa shape index (κ2) is 4.33. The Morgan fingerprint density at radius 2 is 2.00 bits per heavy atom. The molecule has 3 heteroatoms. The largest absolute Gasteiger partial charge is 0.314 e. The maximum Gasteiger partial charge on any atom is 0.241 e. The van der Waals surface area contributed by atoms with E-state index in [-0.39, 0.29) is 0 Å². The predicted octanol–water partition coefficient (Wildman–Crippen LogP) is 2.91. The normalized spacial score (nSPS) is 12.0. The highest BCUT2D eigenvalue weighted by molar-refractivity contribution is 7.99. The van der Waals surface area contributed by atoms with Gasteiger partial charge in [0.1, 0.15) is 0 Å². The Morgan fingerprint density at radius 1 is 1.44 bits per heavy atom. The maximum atomic E-state index is 12.8. The van der Waals surface area contributed by atoms with Crippen LogP contribution >= 0.6 is 11.8 Å². The quantitative estimate of drug-likeness (QED) is 0.351. The molecular formula is C6H15FSSi. The summed E-state index contributed by atoms with van der Waals surface area (Å²) in [4.78, 5) is 0. The van der Waals surface area contributed by atoms with E-state index in [0.29, 0.717) is 0 Å². The SMILES string of the molecule is CCSCC[Si](C)(C)F. The second-order valence-electron chi connectivity index (χ2n) is 2.67. The molecule has 0 amide bonds. The van der Waals surface area contributed by atoms with Crippen LogP contribution in [0.15, 0.2) is 0 Å². The predicted molar refractivity (Wildman–Crippen MR) is 46.4 cm³/mol. The van der Waals surface area contributed by atoms with Crippen LogP contribution in [0.4, 0.5) is 4.11 Å². The van der Waals surface area contributed by atoms with Crippen LogP contribution < -0.4 is 0 Å². The Morgan fingerprint density at radius 3 is 2.33 bits per heavy atom. The molecule has 0 rings (SSSR count). The van der Waals surface area contributed by atoms with Crippen LogP contribution in [0, 0.1) is 0 Å². The van der Waals surface area contributed by atoms with E-state index in [1.165, 1.54) is 0 Å². The Hall–Kier alpha value is 0.497. The summed E-state index contributed by atoms with van der Waals surface area (Å²) in [6.07, 6.45) is 0. The van der Waals surface area contributed by atoms with Gasteiger partial charge in [-0.05, 0) is 30.6 Å². The van der Waals surface area contributed by atoms with Gasteiger partial charge < -0.3 is 4.11 Å². The lowest BCUT2D eigenvalue weighted by Gasteiger charge is -2.08. The lowest BCUT2D eigenvalue weighted by atomic mass is 10.9. The number of rotatable bonds is 4. The molecule has 0 unspecified atom stereocenters. The third kappa shape index (κ3) is 8.50. The van der Waals surface area contributed by atoms with Gasteiger partial charge in [-0.2, -0.15) is 11.8 Å². The molecule has 0 heterocycles. The van der Waals surface area contributed by atoms with Crippen molar-refractivity contribution in [2.45, 2.75) is 26.1 Å². The van der Waals surface area contributed by atoms with E-state index in [1.807, 2.05) is 11.8 Å². The van der Waals surface area contributed by atoms with Crippen molar-refractivity contribution in [2.24, 2.45) is 0 Å². The third-order valence-corrected chi connectivity index (χ3v) is 3.75. The van der Waals surface area contributed by atoms with E-state index in [1.54, 1.807) is 13.1 Å². The standard InChI is InChI=1S/C6H15FSSi/c1-4-8-5-6-9(2,3)7/h4-6H2,1-3H3. The third-order valence-electron chi connectivity index (χ3n) is 1.05. The molecule has 0 aromatic heterocycles. The van der Waals surface area contributed by atoms with Crippen molar-refractivity contribution in [3.63, 3.8) is 0 Å². The molecule has 0 saturated heterocycles. The topological polar surface area (TPSA) is 0 Å². The van der Waals surface area contributed by atoms with Gasteiger partial charge in [0.25, 0.3) is 0 Å². The molecular weight excluding hydrogens is 151 g/mol. The highest BCUT2D eigenvalue weighted by Crippen LogP contribution is 2.14. The number of hydrogen-bond acceptors (Lipinski definition) is 1. The number of thioether (sulfide) groups is 1. The van der Waals surface area contributed by atoms with E-state index in [9.17, 15) is 4.11 Å². The Labute approximate surface area is 62.4 Å². The van der Waals surface area contributed by atoms with Crippen molar-refractivity contribution in [1.82, 2.24) is 0 Å². The van der Waals surface area contributed by atoms with Crippen LogP contribution in [0.25, 0.3) is 0 Å². The summed E-state index contributed by atoms with van der Waals surface area (Å²) in [6.45, 7) is 5.64. The smallest absolute Gasteiger partial charge is 0.241 e. The van der Waals surface area contributed by atoms with Crippen LogP contribution in [0.5, 0.6) is 0 Å². The summed E-state index contributed by atoms with van der Waals surface area (Å²) in [7, 11) is -2.22. The van der Waals surface area contributed by atoms with Gasteiger partial charge in [0, 0.05) is 0 Å². The highest BCUT2D eigenvalue weighted by atomic mass is 32.2. The van der Waals surface area contributed by atoms with Crippen molar-refractivity contribution in [3.8, 4) is 0 Å². The molecule has 0 aliphatic carbocycles. The minimum absolute atomic E-state index is 0.811. The van der Waals surface area contributed by atoms with Gasteiger partial charge in [-0.15, -0.1) is 0 Å².